The summed E-state index contributed by atoms with van der Waals surface area (Å²) in [5, 5.41) is 0.711. The summed E-state index contributed by atoms with van der Waals surface area (Å²) in [6, 6.07) is 16.6. The lowest BCUT2D eigenvalue weighted by atomic mass is 10.1. The van der Waals surface area contributed by atoms with E-state index >= 15 is 0 Å². The topological polar surface area (TPSA) is 22.1 Å². The molecule has 2 aromatic carbocycles. The lowest BCUT2D eigenvalue weighted by Crippen LogP contribution is -1.88. The monoisotopic (exact) mass is 323 g/mol. The summed E-state index contributed by atoms with van der Waals surface area (Å²) in [5.41, 5.74) is 2.40. The van der Waals surface area contributed by atoms with Crippen LogP contribution in [0, 0.1) is 5.92 Å². The summed E-state index contributed by atoms with van der Waals surface area (Å²) in [7, 11) is 0. The molecule has 118 valence electrons. The second-order valence-corrected chi connectivity index (χ2v) is 7.38. The van der Waals surface area contributed by atoms with Crippen LogP contribution in [-0.4, -0.2) is 4.98 Å². The zero-order valence-corrected chi connectivity index (χ0v) is 14.0. The van der Waals surface area contributed by atoms with Gasteiger partial charge < -0.3 is 4.74 Å². The minimum absolute atomic E-state index is 0.711. The molecule has 0 aliphatic heterocycles. The Morgan fingerprint density at radius 2 is 1.83 bits per heavy atom. The van der Waals surface area contributed by atoms with E-state index in [0.717, 1.165) is 21.9 Å². The highest BCUT2D eigenvalue weighted by atomic mass is 32.1. The third-order valence-electron chi connectivity index (χ3n) is 4.43. The Kier molecular flexibility index (Phi) is 4.29. The van der Waals surface area contributed by atoms with Gasteiger partial charge >= 0.3 is 0 Å². The van der Waals surface area contributed by atoms with E-state index in [1.807, 2.05) is 18.2 Å². The third kappa shape index (κ3) is 3.91. The lowest BCUT2D eigenvalue weighted by Gasteiger charge is -2.04. The molecule has 0 spiro atoms. The van der Waals surface area contributed by atoms with Gasteiger partial charge in [-0.25, -0.2) is 4.98 Å². The van der Waals surface area contributed by atoms with E-state index in [4.69, 9.17) is 4.74 Å². The lowest BCUT2D eigenvalue weighted by molar-refractivity contribution is 0.480. The molecule has 2 nitrogen and oxygen atoms in total. The quantitative estimate of drug-likeness (QED) is 0.482. The molecule has 1 saturated carbocycles. The predicted molar refractivity (Wildman–Crippen MR) is 96.4 cm³/mol. The van der Waals surface area contributed by atoms with E-state index in [2.05, 4.69) is 35.3 Å². The molecule has 1 heterocycles. The minimum Gasteiger partial charge on any atom is -0.431 e. The molecule has 1 aliphatic rings. The molecule has 0 radical (unpaired) electrons. The van der Waals surface area contributed by atoms with Crippen LogP contribution in [0.15, 0.2) is 48.5 Å². The number of benzene rings is 2. The van der Waals surface area contributed by atoms with Crippen LogP contribution in [0.1, 0.15) is 37.7 Å². The molecule has 3 aromatic rings. The van der Waals surface area contributed by atoms with Gasteiger partial charge in [-0.1, -0.05) is 61.3 Å². The Labute approximate surface area is 141 Å². The average Bonchev–Trinajstić information content (AvgIpc) is 3.31. The normalized spacial score (nSPS) is 14.3. The fourth-order valence-corrected chi connectivity index (χ4v) is 3.72. The van der Waals surface area contributed by atoms with Gasteiger partial charge in [-0.05, 0) is 48.6 Å². The number of ether oxygens (including phenoxy) is 1. The van der Waals surface area contributed by atoms with Gasteiger partial charge in [0.1, 0.15) is 5.75 Å². The van der Waals surface area contributed by atoms with Crippen LogP contribution in [0.2, 0.25) is 0 Å². The van der Waals surface area contributed by atoms with E-state index in [9.17, 15) is 0 Å². The molecule has 23 heavy (non-hydrogen) atoms. The highest BCUT2D eigenvalue weighted by Gasteiger charge is 2.19. The van der Waals surface area contributed by atoms with Crippen molar-refractivity contribution in [3.05, 3.63) is 54.1 Å². The SMILES string of the molecule is c1ccc2sc(Oc3ccc(CCCCC4CC4)cc3)nc2c1. The molecule has 1 fully saturated rings. The first-order valence-electron chi connectivity index (χ1n) is 8.49. The van der Waals surface area contributed by atoms with Gasteiger partial charge in [0, 0.05) is 0 Å². The maximum Gasteiger partial charge on any atom is 0.279 e. The molecular formula is C20H21NOS. The zero-order chi connectivity index (χ0) is 15.5. The van der Waals surface area contributed by atoms with Gasteiger partial charge in [-0.15, -0.1) is 0 Å². The molecule has 1 aliphatic carbocycles. The first-order valence-corrected chi connectivity index (χ1v) is 9.31. The molecule has 0 bridgehead atoms. The van der Waals surface area contributed by atoms with Crippen molar-refractivity contribution in [1.29, 1.82) is 0 Å². The molecule has 0 unspecified atom stereocenters. The molecule has 0 atom stereocenters. The van der Waals surface area contributed by atoms with Crippen molar-refractivity contribution in [2.24, 2.45) is 5.92 Å². The molecule has 1 aromatic heterocycles. The number of aryl methyl sites for hydroxylation is 1. The largest absolute Gasteiger partial charge is 0.431 e. The van der Waals surface area contributed by atoms with Gasteiger partial charge in [0.05, 0.1) is 10.2 Å². The summed E-state index contributed by atoms with van der Waals surface area (Å²) in [6.45, 7) is 0. The van der Waals surface area contributed by atoms with Gasteiger partial charge in [-0.2, -0.15) is 0 Å². The Balaban J connectivity index is 1.33. The van der Waals surface area contributed by atoms with Crippen LogP contribution in [-0.2, 0) is 6.42 Å². The van der Waals surface area contributed by atoms with Gasteiger partial charge in [-0.3, -0.25) is 0 Å². The van der Waals surface area contributed by atoms with Crippen LogP contribution in [0.25, 0.3) is 10.2 Å². The first-order chi connectivity index (χ1) is 11.4. The van der Waals surface area contributed by atoms with Crippen molar-refractivity contribution in [2.75, 3.05) is 0 Å². The van der Waals surface area contributed by atoms with Crippen molar-refractivity contribution in [1.82, 2.24) is 4.98 Å². The molecular weight excluding hydrogens is 302 g/mol. The minimum atomic E-state index is 0.711. The van der Waals surface area contributed by atoms with E-state index in [-0.39, 0.29) is 0 Å². The van der Waals surface area contributed by atoms with E-state index < -0.39 is 0 Å². The highest BCUT2D eigenvalue weighted by Crippen LogP contribution is 2.34. The van der Waals surface area contributed by atoms with Gasteiger partial charge in [0.15, 0.2) is 0 Å². The molecule has 0 amide bonds. The summed E-state index contributed by atoms with van der Waals surface area (Å²) in [6.07, 6.45) is 8.21. The fourth-order valence-electron chi connectivity index (χ4n) is 2.89. The number of thiazole rings is 1. The number of aromatic nitrogens is 1. The molecule has 4 rings (SSSR count). The standard InChI is InChI=1S/C20H21NOS/c1(5-15-9-10-15)2-6-16-11-13-17(14-12-16)22-20-21-18-7-3-4-8-19(18)23-20/h3-4,7-8,11-15H,1-2,5-6,9-10H2. The summed E-state index contributed by atoms with van der Waals surface area (Å²) < 4.78 is 7.05. The van der Waals surface area contributed by atoms with E-state index in [1.165, 1.54) is 44.1 Å². The number of hydrogen-bond donors (Lipinski definition) is 0. The zero-order valence-electron chi connectivity index (χ0n) is 13.2. The smallest absolute Gasteiger partial charge is 0.279 e. The van der Waals surface area contributed by atoms with Crippen LogP contribution in [0.4, 0.5) is 0 Å². The fraction of sp³-hybridized carbons (Fsp3) is 0.350. The maximum absolute atomic E-state index is 5.89. The van der Waals surface area contributed by atoms with Crippen LogP contribution in [0.5, 0.6) is 10.9 Å². The summed E-state index contributed by atoms with van der Waals surface area (Å²) >= 11 is 1.59. The Morgan fingerprint density at radius 1 is 1.00 bits per heavy atom. The van der Waals surface area contributed by atoms with Crippen LogP contribution < -0.4 is 4.74 Å². The first kappa shape index (κ1) is 14.7. The van der Waals surface area contributed by atoms with E-state index in [1.54, 1.807) is 11.3 Å². The predicted octanol–water partition coefficient (Wildman–Crippen LogP) is 6.21. The van der Waals surface area contributed by atoms with Crippen molar-refractivity contribution >= 4 is 21.6 Å². The Morgan fingerprint density at radius 3 is 2.61 bits per heavy atom. The summed E-state index contributed by atoms with van der Waals surface area (Å²) in [5.74, 6) is 1.92. The van der Waals surface area contributed by atoms with Gasteiger partial charge in [0.2, 0.25) is 0 Å². The number of rotatable bonds is 7. The van der Waals surface area contributed by atoms with Crippen molar-refractivity contribution < 1.29 is 4.74 Å². The number of unbranched alkanes of at least 4 members (excludes halogenated alkanes) is 1. The number of nitrogens with zero attached hydrogens (tertiary/aromatic N) is 1. The second-order valence-electron chi connectivity index (χ2n) is 6.38. The second kappa shape index (κ2) is 6.71. The van der Waals surface area contributed by atoms with Crippen molar-refractivity contribution in [3.8, 4) is 10.9 Å². The summed E-state index contributed by atoms with van der Waals surface area (Å²) in [4.78, 5) is 4.51. The molecule has 0 N–H and O–H groups in total. The Bertz CT molecular complexity index is 741. The van der Waals surface area contributed by atoms with E-state index in [0.29, 0.717) is 5.19 Å². The molecule has 3 heteroatoms. The van der Waals surface area contributed by atoms with Crippen molar-refractivity contribution in [2.45, 2.75) is 38.5 Å². The van der Waals surface area contributed by atoms with Crippen LogP contribution in [0.3, 0.4) is 0 Å². The van der Waals surface area contributed by atoms with Crippen LogP contribution >= 0.6 is 11.3 Å². The number of para-hydroxylation sites is 1. The van der Waals surface area contributed by atoms with Gasteiger partial charge in [0.25, 0.3) is 5.19 Å². The van der Waals surface area contributed by atoms with Crippen molar-refractivity contribution in [3.63, 3.8) is 0 Å². The highest BCUT2D eigenvalue weighted by molar-refractivity contribution is 7.20. The third-order valence-corrected chi connectivity index (χ3v) is 5.34. The molecule has 0 saturated heterocycles. The average molecular weight is 323 g/mol. The Hall–Kier alpha value is -1.87. The maximum atomic E-state index is 5.89. The number of fused-ring (bicyclic) bond motifs is 1. The number of hydrogen-bond acceptors (Lipinski definition) is 3.